The van der Waals surface area contributed by atoms with Crippen LogP contribution in [0.5, 0.6) is 0 Å². The number of hydrogen-bond donors (Lipinski definition) is 0. The van der Waals surface area contributed by atoms with Crippen LogP contribution >= 0.6 is 0 Å². The van der Waals surface area contributed by atoms with Gasteiger partial charge in [-0.3, -0.25) is 4.98 Å². The third kappa shape index (κ3) is 28.5. The van der Waals surface area contributed by atoms with E-state index in [-0.39, 0.29) is 6.29 Å². The predicted molar refractivity (Wildman–Crippen MR) is 239 cm³/mol. The Morgan fingerprint density at radius 1 is 0.446 bits per heavy atom. The predicted octanol–water partition coefficient (Wildman–Crippen LogP) is 13.5. The van der Waals surface area contributed by atoms with Crippen molar-refractivity contribution in [3.05, 3.63) is 100 Å². The third-order valence-corrected chi connectivity index (χ3v) is 10.4. The minimum atomic E-state index is 0.0196. The Labute approximate surface area is 345 Å². The topological polar surface area (TPSA) is 66.4 Å². The maximum atomic E-state index is 5.39. The summed E-state index contributed by atoms with van der Waals surface area (Å²) in [5.74, 6) is 5.18. The van der Waals surface area contributed by atoms with E-state index in [1.807, 2.05) is 59.3 Å². The van der Waals surface area contributed by atoms with E-state index in [0.29, 0.717) is 12.0 Å². The summed E-state index contributed by atoms with van der Waals surface area (Å²) < 4.78 is 15.7. The molecule has 2 saturated heterocycles. The quantitative estimate of drug-likeness (QED) is 0.212. The number of aryl methyl sites for hydroxylation is 6. The monoisotopic (exact) mass is 774 g/mol. The van der Waals surface area contributed by atoms with Crippen molar-refractivity contribution in [3.8, 4) is 0 Å². The zero-order chi connectivity index (χ0) is 41.9. The molecule has 3 fully saturated rings. The van der Waals surface area contributed by atoms with Gasteiger partial charge in [0.15, 0.2) is 6.29 Å². The van der Waals surface area contributed by atoms with Crippen molar-refractivity contribution < 1.29 is 14.2 Å². The largest absolute Gasteiger partial charge is 0.378 e. The Hall–Kier alpha value is -2.93. The summed E-state index contributed by atoms with van der Waals surface area (Å²) in [6, 6.07) is 12.5. The van der Waals surface area contributed by atoms with Crippen LogP contribution in [0.25, 0.3) is 0 Å². The maximum absolute atomic E-state index is 5.39. The van der Waals surface area contributed by atoms with E-state index in [0.717, 1.165) is 60.6 Å². The Kier molecular flexibility index (Phi) is 27.5. The fourth-order valence-corrected chi connectivity index (χ4v) is 5.87. The Balaban J connectivity index is 0.000000327. The molecule has 6 heteroatoms. The van der Waals surface area contributed by atoms with Crippen LogP contribution in [-0.2, 0) is 14.2 Å². The lowest BCUT2D eigenvalue weighted by molar-refractivity contribution is -0.187. The lowest BCUT2D eigenvalue weighted by atomic mass is 9.84. The van der Waals surface area contributed by atoms with Crippen molar-refractivity contribution in [2.75, 3.05) is 19.8 Å². The minimum Gasteiger partial charge on any atom is -0.378 e. The average Bonchev–Trinajstić information content (AvgIpc) is 3.18. The molecule has 1 aromatic carbocycles. The van der Waals surface area contributed by atoms with E-state index < -0.39 is 0 Å². The smallest absolute Gasteiger partial charge is 0.154 e. The number of nitrogens with zero attached hydrogens (tertiary/aromatic N) is 3. The van der Waals surface area contributed by atoms with Crippen LogP contribution < -0.4 is 0 Å². The molecule has 0 amide bonds. The fraction of sp³-hybridized carbons (Fsp3) is 0.660. The number of rotatable bonds is 0. The molecule has 316 valence electrons. The first-order valence-electron chi connectivity index (χ1n) is 21.7. The first kappa shape index (κ1) is 51.1. The van der Waals surface area contributed by atoms with Crippen LogP contribution in [0.2, 0.25) is 0 Å². The molecule has 4 heterocycles. The second-order valence-electron chi connectivity index (χ2n) is 17.4. The molecular weight excluding hydrogens is 691 g/mol. The SMILES string of the molecule is CC1=CCC(C)CC1.CC1CCC(C)CC1.CC1CCC(C)OC1.CC1COC(C)OC1.Cc1ccc(C)cc1.Cc1ccc(C)nc1.Cc1cnc(C)nc1. The first-order chi connectivity index (χ1) is 26.5. The molecule has 3 atom stereocenters. The highest BCUT2D eigenvalue weighted by atomic mass is 16.7. The van der Waals surface area contributed by atoms with Crippen LogP contribution in [0.4, 0.5) is 0 Å². The molecule has 7 rings (SSSR count). The van der Waals surface area contributed by atoms with Crippen molar-refractivity contribution in [3.63, 3.8) is 0 Å². The van der Waals surface area contributed by atoms with Gasteiger partial charge in [-0.15, -0.1) is 0 Å². The van der Waals surface area contributed by atoms with Crippen LogP contribution in [0.3, 0.4) is 0 Å². The molecule has 2 aliphatic heterocycles. The molecule has 0 N–H and O–H groups in total. The summed E-state index contributed by atoms with van der Waals surface area (Å²) in [5, 5.41) is 0. The summed E-state index contributed by atoms with van der Waals surface area (Å²) in [6.45, 7) is 32.4. The van der Waals surface area contributed by atoms with Crippen LogP contribution in [0.15, 0.2) is 66.6 Å². The summed E-state index contributed by atoms with van der Waals surface area (Å²) in [6.07, 6.45) is 20.9. The van der Waals surface area contributed by atoms with E-state index in [1.165, 1.54) is 74.5 Å². The molecule has 0 radical (unpaired) electrons. The second kappa shape index (κ2) is 30.2. The molecular formula is C50H83N3O3. The summed E-state index contributed by atoms with van der Waals surface area (Å²) >= 11 is 0. The molecule has 3 unspecified atom stereocenters. The standard InChI is InChI=1S/C8H16.C8H14.C8H10.C7H9N.C7H14O.C6H8N2.C6H12O2/c3*1-7-3-5-8(2)6-4-7;2*1-6-3-4-7(2)8-5-6;2*1-5-3-7-6(2)8-4-5/h7-8H,3-6H2,1-2H3;3,8H,4-6H2,1-2H3;3-6H,1-2H3;3-5H,1-2H3;6-7H,3-5H2,1-2H3;3-4H,1-2H3;5-6H,3-4H2,1-2H3. The van der Waals surface area contributed by atoms with Gasteiger partial charge >= 0.3 is 0 Å². The molecule has 0 spiro atoms. The summed E-state index contributed by atoms with van der Waals surface area (Å²) in [4.78, 5) is 12.0. The van der Waals surface area contributed by atoms with Crippen molar-refractivity contribution in [1.29, 1.82) is 0 Å². The van der Waals surface area contributed by atoms with Gasteiger partial charge in [0.25, 0.3) is 0 Å². The van der Waals surface area contributed by atoms with Gasteiger partial charge in [-0.05, 0) is 135 Å². The molecule has 2 aromatic heterocycles. The molecule has 2 aliphatic carbocycles. The van der Waals surface area contributed by atoms with Gasteiger partial charge in [0.2, 0.25) is 0 Å². The Morgan fingerprint density at radius 2 is 0.911 bits per heavy atom. The van der Waals surface area contributed by atoms with E-state index in [9.17, 15) is 0 Å². The summed E-state index contributed by atoms with van der Waals surface area (Å²) in [7, 11) is 0. The van der Waals surface area contributed by atoms with Crippen molar-refractivity contribution in [2.45, 2.75) is 167 Å². The number of hydrogen-bond acceptors (Lipinski definition) is 6. The molecule has 3 aromatic rings. The first-order valence-corrected chi connectivity index (χ1v) is 21.7. The normalized spacial score (nSPS) is 25.2. The van der Waals surface area contributed by atoms with Gasteiger partial charge in [-0.2, -0.15) is 0 Å². The van der Waals surface area contributed by atoms with E-state index in [4.69, 9.17) is 14.2 Å². The number of aromatic nitrogens is 3. The van der Waals surface area contributed by atoms with Crippen molar-refractivity contribution in [2.24, 2.45) is 29.6 Å². The lowest BCUT2D eigenvalue weighted by Crippen LogP contribution is -2.27. The number of allylic oxidation sites excluding steroid dienone is 2. The molecule has 1 saturated carbocycles. The van der Waals surface area contributed by atoms with Crippen LogP contribution in [-0.4, -0.2) is 47.2 Å². The van der Waals surface area contributed by atoms with Gasteiger partial charge in [-0.25, -0.2) is 9.97 Å². The van der Waals surface area contributed by atoms with Crippen molar-refractivity contribution >= 4 is 0 Å². The Bertz CT molecular complexity index is 1140. The van der Waals surface area contributed by atoms with E-state index in [1.54, 1.807) is 5.57 Å². The van der Waals surface area contributed by atoms with Gasteiger partial charge in [0.05, 0.1) is 19.3 Å². The van der Waals surface area contributed by atoms with Crippen LogP contribution in [0, 0.1) is 71.1 Å². The highest BCUT2D eigenvalue weighted by Gasteiger charge is 2.15. The highest BCUT2D eigenvalue weighted by molar-refractivity contribution is 5.19. The van der Waals surface area contributed by atoms with Gasteiger partial charge in [0.1, 0.15) is 5.82 Å². The third-order valence-electron chi connectivity index (χ3n) is 10.4. The molecule has 0 bridgehead atoms. The lowest BCUT2D eigenvalue weighted by Gasteiger charge is -2.24. The Morgan fingerprint density at radius 3 is 1.25 bits per heavy atom. The molecule has 4 aliphatic rings. The van der Waals surface area contributed by atoms with Gasteiger partial charge < -0.3 is 14.2 Å². The number of pyridine rings is 1. The zero-order valence-corrected chi connectivity index (χ0v) is 38.4. The van der Waals surface area contributed by atoms with Crippen LogP contribution in [0.1, 0.15) is 147 Å². The number of benzene rings is 1. The highest BCUT2D eigenvalue weighted by Crippen LogP contribution is 2.27. The summed E-state index contributed by atoms with van der Waals surface area (Å²) in [5.41, 5.74) is 7.65. The maximum Gasteiger partial charge on any atom is 0.154 e. The molecule has 56 heavy (non-hydrogen) atoms. The fourth-order valence-electron chi connectivity index (χ4n) is 5.87. The zero-order valence-electron chi connectivity index (χ0n) is 38.4. The average molecular weight is 774 g/mol. The van der Waals surface area contributed by atoms with Crippen molar-refractivity contribution in [1.82, 2.24) is 15.0 Å². The van der Waals surface area contributed by atoms with E-state index in [2.05, 4.69) is 114 Å². The molecule has 6 nitrogen and oxygen atoms in total. The minimum absolute atomic E-state index is 0.0196. The van der Waals surface area contributed by atoms with Gasteiger partial charge in [0, 0.05) is 36.8 Å². The van der Waals surface area contributed by atoms with Gasteiger partial charge in [-0.1, -0.05) is 113 Å². The second-order valence-corrected chi connectivity index (χ2v) is 17.4. The van der Waals surface area contributed by atoms with E-state index >= 15 is 0 Å². The number of ether oxygens (including phenoxy) is 3.